The molecule has 0 spiro atoms. The maximum atomic E-state index is 2.70. The molecular formula is C50H58. The maximum absolute atomic E-state index is 2.70. The highest BCUT2D eigenvalue weighted by atomic mass is 14.5. The van der Waals surface area contributed by atoms with Crippen molar-refractivity contribution in [3.05, 3.63) is 154 Å². The van der Waals surface area contributed by atoms with Crippen molar-refractivity contribution < 1.29 is 0 Å². The Bertz CT molecular complexity index is 1840. The van der Waals surface area contributed by atoms with Crippen molar-refractivity contribution in [1.29, 1.82) is 0 Å². The number of hydrogen-bond donors (Lipinski definition) is 0. The molecule has 0 unspecified atom stereocenters. The van der Waals surface area contributed by atoms with E-state index in [-0.39, 0.29) is 10.8 Å². The molecule has 0 bridgehead atoms. The predicted molar refractivity (Wildman–Crippen MR) is 215 cm³/mol. The zero-order chi connectivity index (χ0) is 34.6. The quantitative estimate of drug-likeness (QED) is 0.0908. The van der Waals surface area contributed by atoms with Gasteiger partial charge in [-0.2, -0.15) is 0 Å². The van der Waals surface area contributed by atoms with E-state index in [1.54, 1.807) is 11.1 Å². The molecule has 0 aromatic heterocycles. The van der Waals surface area contributed by atoms with Crippen LogP contribution in [0, 0.1) is 13.8 Å². The Kier molecular flexibility index (Phi) is 10.5. The van der Waals surface area contributed by atoms with Crippen LogP contribution in [0.4, 0.5) is 0 Å². The molecule has 0 heterocycles. The van der Waals surface area contributed by atoms with Gasteiger partial charge >= 0.3 is 0 Å². The summed E-state index contributed by atoms with van der Waals surface area (Å²) in [7, 11) is 0. The highest BCUT2D eigenvalue weighted by Crippen LogP contribution is 2.62. The third-order valence-electron chi connectivity index (χ3n) is 12.3. The van der Waals surface area contributed by atoms with Crippen LogP contribution in [0.15, 0.2) is 109 Å². The number of hydrogen-bond acceptors (Lipinski definition) is 0. The number of rotatable bonds is 16. The number of unbranched alkanes of at least 4 members (excludes halogenated alkanes) is 10. The lowest BCUT2D eigenvalue weighted by molar-refractivity contribution is 0.397. The van der Waals surface area contributed by atoms with E-state index in [0.717, 1.165) is 0 Å². The molecule has 0 saturated carbocycles. The van der Waals surface area contributed by atoms with Gasteiger partial charge in [0.15, 0.2) is 0 Å². The third-order valence-corrected chi connectivity index (χ3v) is 12.3. The first-order valence-electron chi connectivity index (χ1n) is 20.1. The molecule has 0 radical (unpaired) electrons. The molecule has 2 aliphatic carbocycles. The van der Waals surface area contributed by atoms with E-state index in [1.807, 2.05) is 0 Å². The molecule has 7 rings (SSSR count). The van der Waals surface area contributed by atoms with E-state index < -0.39 is 0 Å². The summed E-state index contributed by atoms with van der Waals surface area (Å²) >= 11 is 0. The molecular weight excluding hydrogens is 601 g/mol. The van der Waals surface area contributed by atoms with Crippen LogP contribution in [-0.4, -0.2) is 0 Å². The van der Waals surface area contributed by atoms with Gasteiger partial charge in [0.25, 0.3) is 0 Å². The zero-order valence-electron chi connectivity index (χ0n) is 31.3. The largest absolute Gasteiger partial charge is 0.0713 e. The number of fused-ring (bicyclic) bond motifs is 6. The topological polar surface area (TPSA) is 0 Å². The Morgan fingerprint density at radius 3 is 1.32 bits per heavy atom. The van der Waals surface area contributed by atoms with E-state index >= 15 is 0 Å². The summed E-state index contributed by atoms with van der Waals surface area (Å²) in [4.78, 5) is 0. The molecule has 0 atom stereocenters. The van der Waals surface area contributed by atoms with Crippen LogP contribution in [0.5, 0.6) is 0 Å². The average Bonchev–Trinajstić information content (AvgIpc) is 3.57. The van der Waals surface area contributed by atoms with Gasteiger partial charge in [0, 0.05) is 5.41 Å². The smallest absolute Gasteiger partial charge is 0.0654 e. The van der Waals surface area contributed by atoms with Crippen molar-refractivity contribution >= 4 is 0 Å². The maximum Gasteiger partial charge on any atom is 0.0713 e. The minimum absolute atomic E-state index is 0.0663. The minimum atomic E-state index is -0.372. The average molecular weight is 659 g/mol. The van der Waals surface area contributed by atoms with Gasteiger partial charge in [-0.25, -0.2) is 0 Å². The fourth-order valence-electron chi connectivity index (χ4n) is 9.78. The Hall–Kier alpha value is -3.90. The van der Waals surface area contributed by atoms with Gasteiger partial charge in [-0.05, 0) is 94.5 Å². The Balaban J connectivity index is 1.44. The summed E-state index contributed by atoms with van der Waals surface area (Å²) in [5.74, 6) is 0. The molecule has 50 heavy (non-hydrogen) atoms. The first-order chi connectivity index (χ1) is 24.5. The molecule has 5 aromatic rings. The molecule has 2 aliphatic rings. The molecule has 258 valence electrons. The lowest BCUT2D eigenvalue weighted by Gasteiger charge is -2.35. The zero-order valence-corrected chi connectivity index (χ0v) is 31.3. The van der Waals surface area contributed by atoms with Gasteiger partial charge in [-0.3, -0.25) is 0 Å². The summed E-state index contributed by atoms with van der Waals surface area (Å²) in [5.41, 5.74) is 17.0. The van der Waals surface area contributed by atoms with Crippen LogP contribution in [-0.2, 0) is 10.8 Å². The number of benzene rings is 5. The van der Waals surface area contributed by atoms with Crippen molar-refractivity contribution in [2.75, 3.05) is 0 Å². The van der Waals surface area contributed by atoms with Gasteiger partial charge in [-0.15, -0.1) is 0 Å². The van der Waals surface area contributed by atoms with Gasteiger partial charge in [-0.1, -0.05) is 199 Å². The number of aryl methyl sites for hydroxylation is 2. The van der Waals surface area contributed by atoms with Crippen molar-refractivity contribution in [3.63, 3.8) is 0 Å². The van der Waals surface area contributed by atoms with Crippen LogP contribution in [0.2, 0.25) is 0 Å². The summed E-state index contributed by atoms with van der Waals surface area (Å²) in [5, 5.41) is 0. The molecule has 0 amide bonds. The second-order valence-corrected chi connectivity index (χ2v) is 15.6. The van der Waals surface area contributed by atoms with Crippen LogP contribution in [0.1, 0.15) is 148 Å². The van der Waals surface area contributed by atoms with Gasteiger partial charge in [0.1, 0.15) is 0 Å². The van der Waals surface area contributed by atoms with E-state index in [0.29, 0.717) is 0 Å². The molecule has 0 fully saturated rings. The summed E-state index contributed by atoms with van der Waals surface area (Å²) in [6.07, 6.45) is 18.6. The molecule has 0 saturated heterocycles. The molecule has 0 nitrogen and oxygen atoms in total. The Morgan fingerprint density at radius 2 is 0.780 bits per heavy atom. The van der Waals surface area contributed by atoms with Crippen LogP contribution in [0.3, 0.4) is 0 Å². The molecule has 0 heteroatoms. The van der Waals surface area contributed by atoms with Crippen molar-refractivity contribution in [1.82, 2.24) is 0 Å². The molecule has 0 aliphatic heterocycles. The van der Waals surface area contributed by atoms with Crippen LogP contribution in [0.25, 0.3) is 22.3 Å². The Morgan fingerprint density at radius 1 is 0.380 bits per heavy atom. The second-order valence-electron chi connectivity index (χ2n) is 15.6. The second kappa shape index (κ2) is 15.1. The van der Waals surface area contributed by atoms with Gasteiger partial charge < -0.3 is 0 Å². The lowest BCUT2D eigenvalue weighted by Crippen LogP contribution is -2.29. The van der Waals surface area contributed by atoms with Gasteiger partial charge in [0.2, 0.25) is 0 Å². The van der Waals surface area contributed by atoms with E-state index in [4.69, 9.17) is 0 Å². The van der Waals surface area contributed by atoms with Crippen molar-refractivity contribution in [2.45, 2.75) is 128 Å². The lowest BCUT2D eigenvalue weighted by atomic mass is 9.66. The van der Waals surface area contributed by atoms with Crippen LogP contribution >= 0.6 is 0 Å². The van der Waals surface area contributed by atoms with E-state index in [1.165, 1.54) is 146 Å². The summed E-state index contributed by atoms with van der Waals surface area (Å²) in [6.45, 7) is 9.21. The molecule has 5 aromatic carbocycles. The van der Waals surface area contributed by atoms with Crippen molar-refractivity contribution in [3.8, 4) is 22.3 Å². The predicted octanol–water partition coefficient (Wildman–Crippen LogP) is 14.4. The molecule has 0 N–H and O–H groups in total. The first-order valence-corrected chi connectivity index (χ1v) is 20.1. The van der Waals surface area contributed by atoms with Crippen LogP contribution < -0.4 is 0 Å². The standard InChI is InChI=1S/C50H58/c1-5-7-9-11-13-21-31-49(32-22-14-12-10-8-6-2)45-33-37(3)27-29-41(45)43-36-48-44(35-46(43)49)42-30-28-38(4)34-47(42)50(48,39-23-17-15-18-24-39)40-25-19-16-20-26-40/h15-20,23-30,33-36H,5-14,21-22,31-32H2,1-4H3. The highest BCUT2D eigenvalue weighted by molar-refractivity contribution is 5.92. The Labute approximate surface area is 303 Å². The van der Waals surface area contributed by atoms with E-state index in [9.17, 15) is 0 Å². The summed E-state index contributed by atoms with van der Waals surface area (Å²) < 4.78 is 0. The normalized spacial score (nSPS) is 14.6. The third kappa shape index (κ3) is 6.08. The fourth-order valence-corrected chi connectivity index (χ4v) is 9.78. The monoisotopic (exact) mass is 658 g/mol. The fraction of sp³-hybridized carbons (Fsp3) is 0.400. The summed E-state index contributed by atoms with van der Waals surface area (Å²) in [6, 6.07) is 42.7. The minimum Gasteiger partial charge on any atom is -0.0654 e. The van der Waals surface area contributed by atoms with Gasteiger partial charge in [0.05, 0.1) is 5.41 Å². The van der Waals surface area contributed by atoms with E-state index in [2.05, 4.69) is 137 Å². The SMILES string of the molecule is CCCCCCCCC1(CCCCCCCC)c2cc(C)ccc2-c2cc3c(cc21)-c1ccc(C)cc1C3(c1ccccc1)c1ccccc1. The van der Waals surface area contributed by atoms with Crippen molar-refractivity contribution in [2.24, 2.45) is 0 Å². The first kappa shape index (κ1) is 34.5. The highest BCUT2D eigenvalue weighted by Gasteiger charge is 2.49.